The highest BCUT2D eigenvalue weighted by atomic mass is 16.6. The van der Waals surface area contributed by atoms with Crippen molar-refractivity contribution < 1.29 is 48.1 Å². The second-order valence-corrected chi connectivity index (χ2v) is 12.6. The number of aliphatic imine (C=N–C) groups is 1. The molecule has 0 spiro atoms. The zero-order valence-electron chi connectivity index (χ0n) is 29.2. The van der Waals surface area contributed by atoms with Crippen LogP contribution >= 0.6 is 0 Å². The Kier molecular flexibility index (Phi) is 17.7. The molecule has 0 saturated carbocycles. The van der Waals surface area contributed by atoms with E-state index in [-0.39, 0.29) is 44.1 Å². The van der Waals surface area contributed by atoms with E-state index in [9.17, 15) is 38.7 Å². The molecule has 50 heavy (non-hydrogen) atoms. The van der Waals surface area contributed by atoms with Gasteiger partial charge in [-0.1, -0.05) is 13.8 Å². The molecular formula is C30H50N10O10. The summed E-state index contributed by atoms with van der Waals surface area (Å²) in [6, 6.07) is -5.53. The van der Waals surface area contributed by atoms with Crippen LogP contribution in [-0.2, 0) is 44.7 Å². The maximum atomic E-state index is 13.6. The first-order chi connectivity index (χ1) is 23.3. The molecule has 20 nitrogen and oxygen atoms in total. The first kappa shape index (κ1) is 42.6. The SMILES string of the molecule is COC(=O)CNC(=O)C(CCCN=C(N)N)NC(=O)C(Cc1cnc[nH]1)NC(=O)C(CC(=O)O)NC(=O)C(CC(C)C)NC(=O)OC(C)(C)C. The maximum Gasteiger partial charge on any atom is 0.408 e. The number of amides is 5. The molecule has 4 unspecified atom stereocenters. The number of imidazole rings is 1. The summed E-state index contributed by atoms with van der Waals surface area (Å²) < 4.78 is 9.78. The first-order valence-corrected chi connectivity index (χ1v) is 15.8. The Morgan fingerprint density at radius 2 is 1.52 bits per heavy atom. The van der Waals surface area contributed by atoms with Crippen molar-refractivity contribution in [1.82, 2.24) is 36.6 Å². The molecule has 1 heterocycles. The minimum atomic E-state index is -1.69. The van der Waals surface area contributed by atoms with Crippen LogP contribution in [-0.4, -0.2) is 113 Å². The maximum absolute atomic E-state index is 13.6. The molecule has 280 valence electrons. The van der Waals surface area contributed by atoms with Gasteiger partial charge >= 0.3 is 18.0 Å². The number of H-pyrrole nitrogens is 1. The minimum absolute atomic E-state index is 0.0137. The summed E-state index contributed by atoms with van der Waals surface area (Å²) in [6.07, 6.45) is 1.13. The lowest BCUT2D eigenvalue weighted by Gasteiger charge is -2.27. The predicted octanol–water partition coefficient (Wildman–Crippen LogP) is -1.84. The van der Waals surface area contributed by atoms with Crippen LogP contribution in [0, 0.1) is 5.92 Å². The number of methoxy groups -OCH3 is 1. The van der Waals surface area contributed by atoms with Gasteiger partial charge in [-0.15, -0.1) is 0 Å². The molecule has 11 N–H and O–H groups in total. The van der Waals surface area contributed by atoms with Gasteiger partial charge in [0.1, 0.15) is 36.3 Å². The lowest BCUT2D eigenvalue weighted by Crippen LogP contribution is -2.59. The van der Waals surface area contributed by atoms with Gasteiger partial charge in [-0.25, -0.2) is 9.78 Å². The molecule has 1 aromatic rings. The van der Waals surface area contributed by atoms with Crippen LogP contribution in [0.3, 0.4) is 0 Å². The number of carbonyl (C=O) groups excluding carboxylic acids is 6. The van der Waals surface area contributed by atoms with E-state index >= 15 is 0 Å². The second-order valence-electron chi connectivity index (χ2n) is 12.6. The zero-order valence-corrected chi connectivity index (χ0v) is 29.2. The third-order valence-electron chi connectivity index (χ3n) is 6.55. The lowest BCUT2D eigenvalue weighted by molar-refractivity contribution is -0.141. The Hall–Kier alpha value is -5.43. The molecule has 5 amide bonds. The molecule has 1 rings (SSSR count). The van der Waals surface area contributed by atoms with Gasteiger partial charge in [0.15, 0.2) is 5.96 Å². The zero-order chi connectivity index (χ0) is 38.0. The average molecular weight is 711 g/mol. The summed E-state index contributed by atoms with van der Waals surface area (Å²) in [6.45, 7) is 8.12. The fourth-order valence-electron chi connectivity index (χ4n) is 4.31. The summed E-state index contributed by atoms with van der Waals surface area (Å²) in [7, 11) is 1.13. The number of esters is 1. The van der Waals surface area contributed by atoms with E-state index < -0.39 is 84.4 Å². The van der Waals surface area contributed by atoms with Crippen molar-refractivity contribution in [2.75, 3.05) is 20.2 Å². The number of hydrogen-bond acceptors (Lipinski definition) is 11. The number of nitrogens with one attached hydrogen (secondary N) is 6. The summed E-state index contributed by atoms with van der Waals surface area (Å²) in [4.78, 5) is 99.8. The highest BCUT2D eigenvalue weighted by Gasteiger charge is 2.33. The molecule has 4 atom stereocenters. The van der Waals surface area contributed by atoms with Crippen molar-refractivity contribution in [3.63, 3.8) is 0 Å². The molecule has 0 aliphatic rings. The van der Waals surface area contributed by atoms with Gasteiger partial charge in [0, 0.05) is 24.9 Å². The summed E-state index contributed by atoms with van der Waals surface area (Å²) in [5, 5.41) is 21.7. The fourth-order valence-corrected chi connectivity index (χ4v) is 4.31. The van der Waals surface area contributed by atoms with Gasteiger partial charge in [-0.2, -0.15) is 0 Å². The molecule has 0 radical (unpaired) electrons. The lowest BCUT2D eigenvalue weighted by atomic mass is 10.0. The first-order valence-electron chi connectivity index (χ1n) is 15.8. The van der Waals surface area contributed by atoms with Crippen molar-refractivity contribution in [1.29, 1.82) is 0 Å². The van der Waals surface area contributed by atoms with Crippen molar-refractivity contribution in [2.45, 2.75) is 96.5 Å². The van der Waals surface area contributed by atoms with Crippen molar-refractivity contribution in [2.24, 2.45) is 22.4 Å². The third-order valence-corrected chi connectivity index (χ3v) is 6.55. The van der Waals surface area contributed by atoms with Crippen LogP contribution < -0.4 is 38.1 Å². The molecule has 0 fully saturated rings. The molecule has 20 heteroatoms. The highest BCUT2D eigenvalue weighted by molar-refractivity contribution is 5.97. The van der Waals surface area contributed by atoms with Crippen molar-refractivity contribution in [3.8, 4) is 0 Å². The fraction of sp³-hybridized carbons (Fsp3) is 0.633. The average Bonchev–Trinajstić information content (AvgIpc) is 3.51. The number of carboxylic acid groups (broad SMARTS) is 1. The minimum Gasteiger partial charge on any atom is -0.481 e. The van der Waals surface area contributed by atoms with Gasteiger partial charge in [0.05, 0.1) is 19.9 Å². The normalized spacial score (nSPS) is 13.4. The Balaban J connectivity index is 3.29. The summed E-state index contributed by atoms with van der Waals surface area (Å²) in [5.41, 5.74) is 10.2. The van der Waals surface area contributed by atoms with E-state index in [2.05, 4.69) is 46.3 Å². The van der Waals surface area contributed by atoms with Gasteiger partial charge in [0.2, 0.25) is 23.6 Å². The van der Waals surface area contributed by atoms with Crippen LogP contribution in [0.15, 0.2) is 17.5 Å². The highest BCUT2D eigenvalue weighted by Crippen LogP contribution is 2.11. The van der Waals surface area contributed by atoms with Crippen LogP contribution in [0.25, 0.3) is 0 Å². The van der Waals surface area contributed by atoms with E-state index in [1.807, 2.05) is 0 Å². The summed E-state index contributed by atoms with van der Waals surface area (Å²) in [5.74, 6) is -5.97. The van der Waals surface area contributed by atoms with Crippen LogP contribution in [0.1, 0.15) is 66.0 Å². The van der Waals surface area contributed by atoms with Crippen LogP contribution in [0.2, 0.25) is 0 Å². The topological polar surface area (TPSA) is 311 Å². The summed E-state index contributed by atoms with van der Waals surface area (Å²) >= 11 is 0. The number of guanidine groups is 1. The Bertz CT molecular complexity index is 1340. The molecular weight excluding hydrogens is 660 g/mol. The molecule has 0 aliphatic carbocycles. The quantitative estimate of drug-likeness (QED) is 0.0311. The predicted molar refractivity (Wildman–Crippen MR) is 178 cm³/mol. The Morgan fingerprint density at radius 1 is 0.920 bits per heavy atom. The molecule has 0 saturated heterocycles. The number of aliphatic carboxylic acids is 1. The largest absolute Gasteiger partial charge is 0.481 e. The molecule has 0 aliphatic heterocycles. The van der Waals surface area contributed by atoms with E-state index in [0.29, 0.717) is 5.69 Å². The number of alkyl carbamates (subject to hydrolysis) is 1. The number of nitrogens with two attached hydrogens (primary N) is 2. The molecule has 1 aromatic heterocycles. The molecule has 0 aromatic carbocycles. The number of carbonyl (C=O) groups is 7. The monoisotopic (exact) mass is 710 g/mol. The number of hydrogen-bond donors (Lipinski definition) is 9. The van der Waals surface area contributed by atoms with Crippen molar-refractivity contribution in [3.05, 3.63) is 18.2 Å². The Morgan fingerprint density at radius 3 is 2.06 bits per heavy atom. The number of aromatic nitrogens is 2. The van der Waals surface area contributed by atoms with Gasteiger partial charge in [-0.3, -0.25) is 33.8 Å². The standard InChI is InChI=1S/C30H50N10O10/c1-16(2)10-19(40-29(48)50-30(3,4)5)25(45)39-21(12-22(41)42)27(47)38-20(11-17-13-33-15-36-17)26(46)37-18(8-7-9-34-28(31)32)24(44)35-14-23(43)49-6/h13,15-16,18-21H,7-12,14H2,1-6H3,(H,33,36)(H,35,44)(H,37,46)(H,38,47)(H,39,45)(H,40,48)(H,41,42)(H4,31,32,34). The van der Waals surface area contributed by atoms with Gasteiger partial charge < -0.3 is 57.6 Å². The van der Waals surface area contributed by atoms with Crippen LogP contribution in [0.4, 0.5) is 4.79 Å². The Labute approximate surface area is 289 Å². The smallest absolute Gasteiger partial charge is 0.408 e. The third kappa shape index (κ3) is 17.6. The van der Waals surface area contributed by atoms with Gasteiger partial charge in [0.25, 0.3) is 0 Å². The second kappa shape index (κ2) is 20.8. The number of aromatic amines is 1. The van der Waals surface area contributed by atoms with E-state index in [1.165, 1.54) is 12.5 Å². The number of nitrogens with zero attached hydrogens (tertiary/aromatic N) is 2. The molecule has 0 bridgehead atoms. The number of ether oxygens (including phenoxy) is 2. The van der Waals surface area contributed by atoms with Crippen LogP contribution in [0.5, 0.6) is 0 Å². The van der Waals surface area contributed by atoms with Crippen molar-refractivity contribution >= 4 is 47.6 Å². The van der Waals surface area contributed by atoms with E-state index in [1.54, 1.807) is 34.6 Å². The number of rotatable bonds is 20. The van der Waals surface area contributed by atoms with E-state index in [0.717, 1.165) is 7.11 Å². The van der Waals surface area contributed by atoms with Gasteiger partial charge in [-0.05, 0) is 46.0 Å². The number of carboxylic acids is 1. The van der Waals surface area contributed by atoms with E-state index in [4.69, 9.17) is 16.2 Å².